The molecule has 0 radical (unpaired) electrons. The van der Waals surface area contributed by atoms with Crippen LogP contribution in [0, 0.1) is 5.92 Å². The van der Waals surface area contributed by atoms with Gasteiger partial charge in [-0.1, -0.05) is 45.9 Å². The molecule has 2 heteroatoms. The lowest BCUT2D eigenvalue weighted by Gasteiger charge is -2.24. The minimum atomic E-state index is 0.0974. The fraction of sp³-hybridized carbons (Fsp3) is 0.600. The van der Waals surface area contributed by atoms with Gasteiger partial charge in [-0.15, -0.1) is 0 Å². The SMILES string of the molecule is CCC(C)c1ccccc1OC(CN)C(C)C. The lowest BCUT2D eigenvalue weighted by Crippen LogP contribution is -2.32. The largest absolute Gasteiger partial charge is 0.489 e. The van der Waals surface area contributed by atoms with Crippen molar-refractivity contribution in [2.45, 2.75) is 46.1 Å². The molecular weight excluding hydrogens is 210 g/mol. The molecule has 0 aromatic heterocycles. The van der Waals surface area contributed by atoms with E-state index < -0.39 is 0 Å². The van der Waals surface area contributed by atoms with Crippen LogP contribution in [0.3, 0.4) is 0 Å². The van der Waals surface area contributed by atoms with E-state index in [4.69, 9.17) is 10.5 Å². The third-order valence-electron chi connectivity index (χ3n) is 3.32. The Morgan fingerprint density at radius 1 is 1.18 bits per heavy atom. The Labute approximate surface area is 105 Å². The Balaban J connectivity index is 2.89. The molecular formula is C15H25NO. The van der Waals surface area contributed by atoms with Crippen molar-refractivity contribution < 1.29 is 4.74 Å². The van der Waals surface area contributed by atoms with Crippen LogP contribution in [0.15, 0.2) is 24.3 Å². The van der Waals surface area contributed by atoms with Crippen molar-refractivity contribution in [1.29, 1.82) is 0 Å². The highest BCUT2D eigenvalue weighted by atomic mass is 16.5. The molecule has 0 bridgehead atoms. The number of rotatable bonds is 6. The quantitative estimate of drug-likeness (QED) is 0.818. The highest BCUT2D eigenvalue weighted by molar-refractivity contribution is 5.36. The molecule has 2 atom stereocenters. The topological polar surface area (TPSA) is 35.2 Å². The summed E-state index contributed by atoms with van der Waals surface area (Å²) in [5.41, 5.74) is 7.04. The fourth-order valence-electron chi connectivity index (χ4n) is 1.83. The van der Waals surface area contributed by atoms with E-state index in [2.05, 4.69) is 39.8 Å². The maximum atomic E-state index is 6.05. The zero-order valence-electron chi connectivity index (χ0n) is 11.4. The maximum absolute atomic E-state index is 6.05. The summed E-state index contributed by atoms with van der Waals surface area (Å²) >= 11 is 0. The Morgan fingerprint density at radius 2 is 1.82 bits per heavy atom. The summed E-state index contributed by atoms with van der Waals surface area (Å²) in [4.78, 5) is 0. The van der Waals surface area contributed by atoms with Gasteiger partial charge in [0.1, 0.15) is 11.9 Å². The minimum Gasteiger partial charge on any atom is -0.489 e. The molecule has 0 heterocycles. The predicted octanol–water partition coefficient (Wildman–Crippen LogP) is 3.56. The molecule has 0 amide bonds. The fourth-order valence-corrected chi connectivity index (χ4v) is 1.83. The smallest absolute Gasteiger partial charge is 0.123 e. The lowest BCUT2D eigenvalue weighted by molar-refractivity contribution is 0.157. The summed E-state index contributed by atoms with van der Waals surface area (Å²) in [5, 5.41) is 0. The molecule has 1 aromatic carbocycles. The van der Waals surface area contributed by atoms with Crippen LogP contribution in [0.2, 0.25) is 0 Å². The monoisotopic (exact) mass is 235 g/mol. The minimum absolute atomic E-state index is 0.0974. The second kappa shape index (κ2) is 6.65. The van der Waals surface area contributed by atoms with Crippen LogP contribution in [-0.2, 0) is 0 Å². The van der Waals surface area contributed by atoms with Gasteiger partial charge in [0.25, 0.3) is 0 Å². The van der Waals surface area contributed by atoms with Gasteiger partial charge in [-0.3, -0.25) is 0 Å². The van der Waals surface area contributed by atoms with Crippen LogP contribution in [0.5, 0.6) is 5.75 Å². The maximum Gasteiger partial charge on any atom is 0.123 e. The van der Waals surface area contributed by atoms with Crippen molar-refractivity contribution >= 4 is 0 Å². The van der Waals surface area contributed by atoms with Crippen molar-refractivity contribution in [2.24, 2.45) is 11.7 Å². The van der Waals surface area contributed by atoms with Gasteiger partial charge in [-0.05, 0) is 29.9 Å². The average Bonchev–Trinajstić information content (AvgIpc) is 2.35. The third kappa shape index (κ3) is 3.74. The van der Waals surface area contributed by atoms with Gasteiger partial charge in [-0.2, -0.15) is 0 Å². The molecule has 0 aliphatic heterocycles. The summed E-state index contributed by atoms with van der Waals surface area (Å²) < 4.78 is 6.05. The van der Waals surface area contributed by atoms with Crippen LogP contribution in [0.4, 0.5) is 0 Å². The molecule has 0 spiro atoms. The molecule has 2 N–H and O–H groups in total. The zero-order chi connectivity index (χ0) is 12.8. The van der Waals surface area contributed by atoms with E-state index in [1.807, 2.05) is 12.1 Å². The Kier molecular flexibility index (Phi) is 5.49. The van der Waals surface area contributed by atoms with Crippen LogP contribution in [0.25, 0.3) is 0 Å². The highest BCUT2D eigenvalue weighted by Gasteiger charge is 2.16. The zero-order valence-corrected chi connectivity index (χ0v) is 11.4. The van der Waals surface area contributed by atoms with Gasteiger partial charge in [-0.25, -0.2) is 0 Å². The van der Waals surface area contributed by atoms with Crippen molar-refractivity contribution in [2.75, 3.05) is 6.54 Å². The van der Waals surface area contributed by atoms with Crippen LogP contribution >= 0.6 is 0 Å². The van der Waals surface area contributed by atoms with Crippen molar-refractivity contribution in [3.63, 3.8) is 0 Å². The van der Waals surface area contributed by atoms with Gasteiger partial charge in [0.2, 0.25) is 0 Å². The standard InChI is InChI=1S/C15H25NO/c1-5-12(4)13-8-6-7-9-14(13)17-15(10-16)11(2)3/h6-9,11-12,15H,5,10,16H2,1-4H3. The number of benzene rings is 1. The van der Waals surface area contributed by atoms with E-state index in [1.54, 1.807) is 0 Å². The molecule has 1 aromatic rings. The Bertz CT molecular complexity index is 335. The molecule has 0 aliphatic rings. The number of ether oxygens (including phenoxy) is 1. The van der Waals surface area contributed by atoms with Crippen LogP contribution in [-0.4, -0.2) is 12.6 Å². The van der Waals surface area contributed by atoms with E-state index in [0.29, 0.717) is 18.4 Å². The number of para-hydroxylation sites is 1. The van der Waals surface area contributed by atoms with Gasteiger partial charge in [0.15, 0.2) is 0 Å². The van der Waals surface area contributed by atoms with Crippen LogP contribution in [0.1, 0.15) is 45.6 Å². The molecule has 0 fully saturated rings. The molecule has 2 nitrogen and oxygen atoms in total. The van der Waals surface area contributed by atoms with E-state index in [0.717, 1.165) is 12.2 Å². The van der Waals surface area contributed by atoms with Crippen LogP contribution < -0.4 is 10.5 Å². The molecule has 0 saturated heterocycles. The molecule has 1 rings (SSSR count). The first kappa shape index (κ1) is 14.0. The predicted molar refractivity (Wildman–Crippen MR) is 73.5 cm³/mol. The first-order valence-corrected chi connectivity index (χ1v) is 6.55. The summed E-state index contributed by atoms with van der Waals surface area (Å²) in [6.45, 7) is 9.28. The summed E-state index contributed by atoms with van der Waals surface area (Å²) in [6, 6.07) is 8.29. The molecule has 17 heavy (non-hydrogen) atoms. The van der Waals surface area contributed by atoms with Gasteiger partial charge in [0.05, 0.1) is 0 Å². The Hall–Kier alpha value is -1.02. The number of hydrogen-bond donors (Lipinski definition) is 1. The summed E-state index contributed by atoms with van der Waals surface area (Å²) in [7, 11) is 0. The van der Waals surface area contributed by atoms with E-state index in [9.17, 15) is 0 Å². The lowest BCUT2D eigenvalue weighted by atomic mass is 9.97. The molecule has 0 saturated carbocycles. The first-order valence-electron chi connectivity index (χ1n) is 6.55. The summed E-state index contributed by atoms with van der Waals surface area (Å²) in [5.74, 6) is 1.95. The number of hydrogen-bond acceptors (Lipinski definition) is 2. The third-order valence-corrected chi connectivity index (χ3v) is 3.32. The normalized spacial score (nSPS) is 14.7. The molecule has 2 unspecified atom stereocenters. The van der Waals surface area contributed by atoms with Crippen molar-refractivity contribution in [3.8, 4) is 5.75 Å². The highest BCUT2D eigenvalue weighted by Crippen LogP contribution is 2.29. The number of nitrogens with two attached hydrogens (primary N) is 1. The van der Waals surface area contributed by atoms with E-state index in [1.165, 1.54) is 5.56 Å². The first-order chi connectivity index (χ1) is 8.10. The van der Waals surface area contributed by atoms with Gasteiger partial charge in [0, 0.05) is 6.54 Å². The van der Waals surface area contributed by atoms with E-state index >= 15 is 0 Å². The average molecular weight is 235 g/mol. The van der Waals surface area contributed by atoms with Crippen molar-refractivity contribution in [3.05, 3.63) is 29.8 Å². The second-order valence-corrected chi connectivity index (χ2v) is 4.98. The van der Waals surface area contributed by atoms with Crippen molar-refractivity contribution in [1.82, 2.24) is 0 Å². The summed E-state index contributed by atoms with van der Waals surface area (Å²) in [6.07, 6.45) is 1.22. The van der Waals surface area contributed by atoms with Gasteiger partial charge < -0.3 is 10.5 Å². The molecule has 96 valence electrons. The molecule has 0 aliphatic carbocycles. The van der Waals surface area contributed by atoms with E-state index in [-0.39, 0.29) is 6.10 Å². The van der Waals surface area contributed by atoms with Gasteiger partial charge >= 0.3 is 0 Å². The second-order valence-electron chi connectivity index (χ2n) is 4.98. The Morgan fingerprint density at radius 3 is 2.35 bits per heavy atom.